The Morgan fingerprint density at radius 2 is 2.43 bits per heavy atom. The highest BCUT2D eigenvalue weighted by atomic mass is 32.1. The van der Waals surface area contributed by atoms with Gasteiger partial charge in [-0.3, -0.25) is 9.69 Å². The van der Waals surface area contributed by atoms with Crippen LogP contribution in [-0.2, 0) is 16.1 Å². The molecule has 3 rings (SSSR count). The molecule has 0 aromatic carbocycles. The minimum absolute atomic E-state index is 0.136. The minimum atomic E-state index is 0.136. The second kappa shape index (κ2) is 6.46. The molecule has 2 fully saturated rings. The van der Waals surface area contributed by atoms with Crippen molar-refractivity contribution in [2.75, 3.05) is 32.8 Å². The maximum atomic E-state index is 12.1. The summed E-state index contributed by atoms with van der Waals surface area (Å²) in [4.78, 5) is 15.6. The fraction of sp³-hybridized carbons (Fsp3) is 0.688. The van der Waals surface area contributed by atoms with Gasteiger partial charge in [-0.2, -0.15) is 0 Å². The average Bonchev–Trinajstić information content (AvgIpc) is 3.05. The fourth-order valence-corrected chi connectivity index (χ4v) is 4.26. The van der Waals surface area contributed by atoms with E-state index in [1.165, 1.54) is 23.3 Å². The van der Waals surface area contributed by atoms with Crippen LogP contribution < -0.4 is 5.32 Å². The van der Waals surface area contributed by atoms with Crippen LogP contribution in [0.2, 0.25) is 0 Å². The summed E-state index contributed by atoms with van der Waals surface area (Å²) >= 11 is 1.71. The molecule has 5 heteroatoms. The molecule has 2 saturated heterocycles. The molecule has 0 aliphatic carbocycles. The molecule has 0 saturated carbocycles. The molecule has 0 radical (unpaired) electrons. The number of hydrogen-bond donors (Lipinski definition) is 1. The first kappa shape index (κ1) is 15.0. The third kappa shape index (κ3) is 3.65. The van der Waals surface area contributed by atoms with Crippen molar-refractivity contribution in [3.63, 3.8) is 0 Å². The number of ether oxygens (including phenoxy) is 1. The highest BCUT2D eigenvalue weighted by Crippen LogP contribution is 2.37. The summed E-state index contributed by atoms with van der Waals surface area (Å²) in [6.45, 7) is 7.08. The van der Waals surface area contributed by atoms with Gasteiger partial charge < -0.3 is 10.1 Å². The number of nitrogens with one attached hydrogen (secondary N) is 1. The second-order valence-corrected chi connectivity index (χ2v) is 7.42. The molecule has 1 amide bonds. The lowest BCUT2D eigenvalue weighted by atomic mass is 9.82. The molecule has 2 aliphatic rings. The van der Waals surface area contributed by atoms with Crippen molar-refractivity contribution in [3.05, 3.63) is 21.9 Å². The highest BCUT2D eigenvalue weighted by molar-refractivity contribution is 7.10. The van der Waals surface area contributed by atoms with Gasteiger partial charge in [0.1, 0.15) is 0 Å². The zero-order valence-corrected chi connectivity index (χ0v) is 13.5. The third-order valence-corrected chi connectivity index (χ3v) is 5.73. The summed E-state index contributed by atoms with van der Waals surface area (Å²) in [5, 5.41) is 5.12. The molecule has 1 unspecified atom stereocenters. The van der Waals surface area contributed by atoms with Crippen LogP contribution >= 0.6 is 11.3 Å². The number of thiophene rings is 1. The molecule has 0 bridgehead atoms. The van der Waals surface area contributed by atoms with Crippen LogP contribution in [0.3, 0.4) is 0 Å². The molecule has 1 atom stereocenters. The number of carbonyl (C=O) groups is 1. The van der Waals surface area contributed by atoms with Crippen LogP contribution in [0.5, 0.6) is 0 Å². The van der Waals surface area contributed by atoms with Crippen LogP contribution in [0.4, 0.5) is 0 Å². The van der Waals surface area contributed by atoms with Gasteiger partial charge in [0.25, 0.3) is 0 Å². The zero-order chi connectivity index (χ0) is 14.7. The molecule has 1 aromatic rings. The molecule has 116 valence electrons. The maximum Gasteiger partial charge on any atom is 0.234 e. The first-order valence-electron chi connectivity index (χ1n) is 7.77. The quantitative estimate of drug-likeness (QED) is 0.927. The van der Waals surface area contributed by atoms with Gasteiger partial charge in [-0.15, -0.1) is 11.3 Å². The lowest BCUT2D eigenvalue weighted by molar-refractivity contribution is -0.122. The monoisotopic (exact) mass is 308 g/mol. The molecular formula is C16H24N2O2S. The predicted molar refractivity (Wildman–Crippen MR) is 84.4 cm³/mol. The number of likely N-dealkylation sites (tertiary alicyclic amines) is 1. The Labute approximate surface area is 130 Å². The van der Waals surface area contributed by atoms with Crippen molar-refractivity contribution in [2.24, 2.45) is 5.41 Å². The Morgan fingerprint density at radius 1 is 1.52 bits per heavy atom. The van der Waals surface area contributed by atoms with Crippen molar-refractivity contribution in [1.82, 2.24) is 10.2 Å². The Balaban J connectivity index is 1.44. The molecule has 2 aliphatic heterocycles. The summed E-state index contributed by atoms with van der Waals surface area (Å²) in [5.41, 5.74) is 1.59. The number of nitrogens with zero attached hydrogens (tertiary/aromatic N) is 1. The molecule has 1 aromatic heterocycles. The van der Waals surface area contributed by atoms with E-state index in [4.69, 9.17) is 4.74 Å². The first-order chi connectivity index (χ1) is 10.2. The minimum Gasteiger partial charge on any atom is -0.381 e. The van der Waals surface area contributed by atoms with Gasteiger partial charge in [0.05, 0.1) is 19.7 Å². The van der Waals surface area contributed by atoms with Crippen molar-refractivity contribution >= 4 is 17.2 Å². The third-order valence-electron chi connectivity index (χ3n) is 4.70. The highest BCUT2D eigenvalue weighted by Gasteiger charge is 2.39. The van der Waals surface area contributed by atoms with Gasteiger partial charge in [0.15, 0.2) is 0 Å². The van der Waals surface area contributed by atoms with Crippen LogP contribution in [0.1, 0.15) is 29.7 Å². The summed E-state index contributed by atoms with van der Waals surface area (Å²) in [6, 6.07) is 2.10. The van der Waals surface area contributed by atoms with Gasteiger partial charge in [-0.25, -0.2) is 0 Å². The summed E-state index contributed by atoms with van der Waals surface area (Å²) < 4.78 is 5.64. The fourth-order valence-electron chi connectivity index (χ4n) is 3.42. The number of rotatable bonds is 4. The van der Waals surface area contributed by atoms with E-state index >= 15 is 0 Å². The average molecular weight is 308 g/mol. The van der Waals surface area contributed by atoms with Crippen LogP contribution in [0.15, 0.2) is 11.4 Å². The lowest BCUT2D eigenvalue weighted by Crippen LogP contribution is -2.39. The molecule has 4 nitrogen and oxygen atoms in total. The van der Waals surface area contributed by atoms with E-state index in [0.29, 0.717) is 18.5 Å². The molecule has 1 spiro atoms. The van der Waals surface area contributed by atoms with E-state index in [0.717, 1.165) is 32.7 Å². The standard InChI is InChI=1S/C16H24N2O2S/c1-13-3-8-21-14(13)9-17-15(19)10-18-6-5-16(11-18)4-2-7-20-12-16/h3,8H,2,4-7,9-12H2,1H3,(H,17,19). The molecule has 1 N–H and O–H groups in total. The topological polar surface area (TPSA) is 41.6 Å². The number of hydrogen-bond acceptors (Lipinski definition) is 4. The predicted octanol–water partition coefficient (Wildman–Crippen LogP) is 2.18. The van der Waals surface area contributed by atoms with E-state index in [1.807, 2.05) is 0 Å². The molecule has 21 heavy (non-hydrogen) atoms. The molecule has 3 heterocycles. The van der Waals surface area contributed by atoms with Crippen LogP contribution in [0.25, 0.3) is 0 Å². The van der Waals surface area contributed by atoms with E-state index in [1.54, 1.807) is 11.3 Å². The summed E-state index contributed by atoms with van der Waals surface area (Å²) in [6.07, 6.45) is 3.58. The van der Waals surface area contributed by atoms with E-state index in [2.05, 4.69) is 28.6 Å². The van der Waals surface area contributed by atoms with Crippen molar-refractivity contribution < 1.29 is 9.53 Å². The van der Waals surface area contributed by atoms with E-state index in [9.17, 15) is 4.79 Å². The summed E-state index contributed by atoms with van der Waals surface area (Å²) in [5.74, 6) is 0.136. The SMILES string of the molecule is Cc1ccsc1CNC(=O)CN1CCC2(CCCOC2)C1. The van der Waals surface area contributed by atoms with Crippen LogP contribution in [-0.4, -0.2) is 43.7 Å². The Hall–Kier alpha value is -0.910. The number of aryl methyl sites for hydroxylation is 1. The first-order valence-corrected chi connectivity index (χ1v) is 8.65. The lowest BCUT2D eigenvalue weighted by Gasteiger charge is -2.33. The van der Waals surface area contributed by atoms with Crippen LogP contribution in [0, 0.1) is 12.3 Å². The second-order valence-electron chi connectivity index (χ2n) is 6.42. The van der Waals surface area contributed by atoms with Crippen molar-refractivity contribution in [1.29, 1.82) is 0 Å². The number of carbonyl (C=O) groups excluding carboxylic acids is 1. The van der Waals surface area contributed by atoms with Gasteiger partial charge in [0.2, 0.25) is 5.91 Å². The van der Waals surface area contributed by atoms with Gasteiger partial charge in [-0.05, 0) is 49.7 Å². The Morgan fingerprint density at radius 3 is 3.14 bits per heavy atom. The molecular weight excluding hydrogens is 284 g/mol. The van der Waals surface area contributed by atoms with Crippen molar-refractivity contribution in [2.45, 2.75) is 32.7 Å². The maximum absolute atomic E-state index is 12.1. The van der Waals surface area contributed by atoms with Gasteiger partial charge in [-0.1, -0.05) is 0 Å². The van der Waals surface area contributed by atoms with E-state index < -0.39 is 0 Å². The van der Waals surface area contributed by atoms with Gasteiger partial charge >= 0.3 is 0 Å². The largest absolute Gasteiger partial charge is 0.381 e. The normalized spacial score (nSPS) is 26.3. The van der Waals surface area contributed by atoms with E-state index in [-0.39, 0.29) is 5.91 Å². The zero-order valence-electron chi connectivity index (χ0n) is 12.7. The Kier molecular flexibility index (Phi) is 4.62. The van der Waals surface area contributed by atoms with Crippen molar-refractivity contribution in [3.8, 4) is 0 Å². The smallest absolute Gasteiger partial charge is 0.234 e. The number of amides is 1. The Bertz CT molecular complexity index is 494. The summed E-state index contributed by atoms with van der Waals surface area (Å²) in [7, 11) is 0. The van der Waals surface area contributed by atoms with Gasteiger partial charge in [0, 0.05) is 23.4 Å².